The molecule has 1 atom stereocenters. The molecular formula is C14H13F2N. The Labute approximate surface area is 99.2 Å². The molecule has 1 aromatic carbocycles. The zero-order chi connectivity index (χ0) is 12.4. The van der Waals surface area contributed by atoms with Gasteiger partial charge < -0.3 is 0 Å². The maximum Gasteiger partial charge on any atom is 0.166 e. The van der Waals surface area contributed by atoms with E-state index >= 15 is 0 Å². The molecule has 0 aromatic heterocycles. The monoisotopic (exact) mass is 233 g/mol. The molecule has 0 radical (unpaired) electrons. The van der Waals surface area contributed by atoms with Crippen molar-refractivity contribution in [2.24, 2.45) is 10.9 Å². The third-order valence-electron chi connectivity index (χ3n) is 2.70. The third kappa shape index (κ3) is 2.33. The van der Waals surface area contributed by atoms with E-state index in [0.717, 1.165) is 0 Å². The van der Waals surface area contributed by atoms with Crippen molar-refractivity contribution in [2.45, 2.75) is 13.8 Å². The molecule has 17 heavy (non-hydrogen) atoms. The Hall–Kier alpha value is -1.77. The SMILES string of the molecule is Cc1ccc(C2=CN=CC(C)C=C2)c(F)c1F. The molecule has 1 aromatic rings. The molecule has 0 aliphatic carbocycles. The van der Waals surface area contributed by atoms with Crippen LogP contribution < -0.4 is 0 Å². The summed E-state index contributed by atoms with van der Waals surface area (Å²) in [6.07, 6.45) is 6.98. The van der Waals surface area contributed by atoms with Crippen molar-refractivity contribution >= 4 is 11.8 Å². The topological polar surface area (TPSA) is 12.4 Å². The van der Waals surface area contributed by atoms with Gasteiger partial charge in [0, 0.05) is 29.5 Å². The highest BCUT2D eigenvalue weighted by Gasteiger charge is 2.13. The molecule has 1 unspecified atom stereocenters. The number of hydrogen-bond donors (Lipinski definition) is 0. The van der Waals surface area contributed by atoms with E-state index in [1.165, 1.54) is 0 Å². The lowest BCUT2D eigenvalue weighted by atomic mass is 10.0. The zero-order valence-electron chi connectivity index (χ0n) is 9.74. The van der Waals surface area contributed by atoms with Gasteiger partial charge in [0.05, 0.1) is 0 Å². The Bertz CT molecular complexity index is 527. The van der Waals surface area contributed by atoms with Crippen LogP contribution in [-0.2, 0) is 0 Å². The molecule has 1 aliphatic rings. The van der Waals surface area contributed by atoms with Crippen LogP contribution in [0.4, 0.5) is 8.78 Å². The standard InChI is InChI=1S/C14H13F2N/c1-9-3-5-11(8-17-7-9)12-6-4-10(2)13(15)14(12)16/h3-9H,1-2H3. The minimum atomic E-state index is -0.814. The van der Waals surface area contributed by atoms with Gasteiger partial charge in [-0.15, -0.1) is 0 Å². The molecule has 2 rings (SSSR count). The molecule has 0 saturated carbocycles. The molecule has 88 valence electrons. The van der Waals surface area contributed by atoms with Gasteiger partial charge in [0.25, 0.3) is 0 Å². The second kappa shape index (κ2) is 4.62. The number of hydrogen-bond acceptors (Lipinski definition) is 1. The van der Waals surface area contributed by atoms with E-state index in [1.807, 2.05) is 13.0 Å². The van der Waals surface area contributed by atoms with Crippen molar-refractivity contribution in [1.82, 2.24) is 0 Å². The number of rotatable bonds is 1. The Morgan fingerprint density at radius 1 is 1.18 bits per heavy atom. The highest BCUT2D eigenvalue weighted by Crippen LogP contribution is 2.25. The Balaban J connectivity index is 2.49. The van der Waals surface area contributed by atoms with Crippen LogP contribution in [0.3, 0.4) is 0 Å². The maximum atomic E-state index is 13.8. The van der Waals surface area contributed by atoms with Crippen LogP contribution in [0.5, 0.6) is 0 Å². The molecule has 1 aliphatic heterocycles. The van der Waals surface area contributed by atoms with Crippen molar-refractivity contribution in [3.8, 4) is 0 Å². The van der Waals surface area contributed by atoms with Gasteiger partial charge >= 0.3 is 0 Å². The molecular weight excluding hydrogens is 220 g/mol. The van der Waals surface area contributed by atoms with Crippen LogP contribution in [0.2, 0.25) is 0 Å². The fourth-order valence-corrected chi connectivity index (χ4v) is 1.64. The summed E-state index contributed by atoms with van der Waals surface area (Å²) in [5.41, 5.74) is 1.14. The molecule has 0 spiro atoms. The van der Waals surface area contributed by atoms with Gasteiger partial charge in [0.2, 0.25) is 0 Å². The molecule has 0 N–H and O–H groups in total. The Kier molecular flexibility index (Phi) is 3.18. The first-order chi connectivity index (χ1) is 8.09. The lowest BCUT2D eigenvalue weighted by Crippen LogP contribution is -1.95. The molecule has 3 heteroatoms. The number of nitrogens with zero attached hydrogens (tertiary/aromatic N) is 1. The third-order valence-corrected chi connectivity index (χ3v) is 2.70. The lowest BCUT2D eigenvalue weighted by molar-refractivity contribution is 0.501. The summed E-state index contributed by atoms with van der Waals surface area (Å²) in [4.78, 5) is 4.06. The van der Waals surface area contributed by atoms with Crippen LogP contribution in [0, 0.1) is 24.5 Å². The molecule has 0 amide bonds. The van der Waals surface area contributed by atoms with Crippen LogP contribution in [0.15, 0.2) is 35.5 Å². The van der Waals surface area contributed by atoms with Crippen molar-refractivity contribution in [1.29, 1.82) is 0 Å². The van der Waals surface area contributed by atoms with E-state index in [9.17, 15) is 8.78 Å². The number of halogens is 2. The number of benzene rings is 1. The van der Waals surface area contributed by atoms with E-state index in [0.29, 0.717) is 11.1 Å². The van der Waals surface area contributed by atoms with Gasteiger partial charge in [-0.25, -0.2) is 8.78 Å². The molecule has 1 nitrogen and oxygen atoms in total. The average molecular weight is 233 g/mol. The van der Waals surface area contributed by atoms with Gasteiger partial charge in [-0.3, -0.25) is 4.99 Å². The summed E-state index contributed by atoms with van der Waals surface area (Å²) >= 11 is 0. The average Bonchev–Trinajstić information content (AvgIpc) is 2.52. The summed E-state index contributed by atoms with van der Waals surface area (Å²) in [6.45, 7) is 3.52. The van der Waals surface area contributed by atoms with Gasteiger partial charge in [-0.05, 0) is 12.5 Å². The first kappa shape index (κ1) is 11.7. The van der Waals surface area contributed by atoms with E-state index in [2.05, 4.69) is 4.99 Å². The molecule has 1 heterocycles. The van der Waals surface area contributed by atoms with Gasteiger partial charge in [-0.1, -0.05) is 31.2 Å². The normalized spacial score (nSPS) is 19.1. The van der Waals surface area contributed by atoms with Crippen molar-refractivity contribution in [3.63, 3.8) is 0 Å². The van der Waals surface area contributed by atoms with E-state index in [4.69, 9.17) is 0 Å². The molecule has 0 saturated heterocycles. The Morgan fingerprint density at radius 2 is 1.94 bits per heavy atom. The number of aryl methyl sites for hydroxylation is 1. The lowest BCUT2D eigenvalue weighted by Gasteiger charge is -2.06. The second-order valence-corrected chi connectivity index (χ2v) is 4.16. The maximum absolute atomic E-state index is 13.8. The summed E-state index contributed by atoms with van der Waals surface area (Å²) in [7, 11) is 0. The Morgan fingerprint density at radius 3 is 2.71 bits per heavy atom. The second-order valence-electron chi connectivity index (χ2n) is 4.16. The summed E-state index contributed by atoms with van der Waals surface area (Å²) < 4.78 is 27.2. The highest BCUT2D eigenvalue weighted by atomic mass is 19.2. The predicted molar refractivity (Wildman–Crippen MR) is 65.9 cm³/mol. The van der Waals surface area contributed by atoms with Crippen LogP contribution >= 0.6 is 0 Å². The summed E-state index contributed by atoms with van der Waals surface area (Å²) in [6, 6.07) is 3.15. The summed E-state index contributed by atoms with van der Waals surface area (Å²) in [5, 5.41) is 0. The van der Waals surface area contributed by atoms with Crippen LogP contribution in [-0.4, -0.2) is 6.21 Å². The van der Waals surface area contributed by atoms with Gasteiger partial charge in [0.1, 0.15) is 0 Å². The first-order valence-corrected chi connectivity index (χ1v) is 5.46. The van der Waals surface area contributed by atoms with E-state index in [-0.39, 0.29) is 11.5 Å². The first-order valence-electron chi connectivity index (χ1n) is 5.46. The van der Waals surface area contributed by atoms with E-state index in [1.54, 1.807) is 37.5 Å². The van der Waals surface area contributed by atoms with Crippen LogP contribution in [0.25, 0.3) is 5.57 Å². The zero-order valence-corrected chi connectivity index (χ0v) is 9.74. The minimum absolute atomic E-state index is 0.196. The smallest absolute Gasteiger partial charge is 0.166 e. The fourth-order valence-electron chi connectivity index (χ4n) is 1.64. The van der Waals surface area contributed by atoms with E-state index < -0.39 is 11.6 Å². The summed E-state index contributed by atoms with van der Waals surface area (Å²) in [5.74, 6) is -1.41. The van der Waals surface area contributed by atoms with Gasteiger partial charge in [0.15, 0.2) is 11.6 Å². The molecule has 0 fully saturated rings. The van der Waals surface area contributed by atoms with Gasteiger partial charge in [-0.2, -0.15) is 0 Å². The van der Waals surface area contributed by atoms with Crippen LogP contribution in [0.1, 0.15) is 18.1 Å². The van der Waals surface area contributed by atoms with Crippen molar-refractivity contribution in [2.75, 3.05) is 0 Å². The molecule has 0 bridgehead atoms. The number of aliphatic imine (C=N–C) groups is 1. The highest BCUT2D eigenvalue weighted by molar-refractivity contribution is 5.78. The van der Waals surface area contributed by atoms with Crippen molar-refractivity contribution < 1.29 is 8.78 Å². The largest absolute Gasteiger partial charge is 0.268 e. The van der Waals surface area contributed by atoms with Crippen molar-refractivity contribution in [3.05, 3.63) is 53.2 Å². The predicted octanol–water partition coefficient (Wildman–Crippen LogP) is 3.89. The minimum Gasteiger partial charge on any atom is -0.268 e. The fraction of sp³-hybridized carbons (Fsp3) is 0.214. The quantitative estimate of drug-likeness (QED) is 0.697. The number of allylic oxidation sites excluding steroid dienone is 3.